The Kier molecular flexibility index (Phi) is 8.88. The lowest BCUT2D eigenvalue weighted by molar-refractivity contribution is -0.206. The van der Waals surface area contributed by atoms with Gasteiger partial charge in [-0.05, 0) is 56.1 Å². The van der Waals surface area contributed by atoms with Crippen molar-refractivity contribution in [2.75, 3.05) is 19.8 Å². The molecular formula is C25H38O3. The summed E-state index contributed by atoms with van der Waals surface area (Å²) in [5.74, 6) is 3.16. The van der Waals surface area contributed by atoms with Gasteiger partial charge in [-0.25, -0.2) is 0 Å². The van der Waals surface area contributed by atoms with Crippen LogP contribution in [0.4, 0.5) is 0 Å². The molecule has 0 spiro atoms. The Morgan fingerprint density at radius 1 is 0.893 bits per heavy atom. The van der Waals surface area contributed by atoms with Gasteiger partial charge in [0, 0.05) is 11.5 Å². The minimum Gasteiger partial charge on any atom is -0.490 e. The molecule has 1 saturated heterocycles. The second-order valence-electron chi connectivity index (χ2n) is 8.53. The molecule has 1 aliphatic carbocycles. The van der Waals surface area contributed by atoms with Crippen LogP contribution in [0, 0.1) is 17.8 Å². The highest BCUT2D eigenvalue weighted by molar-refractivity contribution is 5.28. The van der Waals surface area contributed by atoms with Gasteiger partial charge in [-0.3, -0.25) is 0 Å². The van der Waals surface area contributed by atoms with Gasteiger partial charge < -0.3 is 14.2 Å². The molecule has 0 bridgehead atoms. The summed E-state index contributed by atoms with van der Waals surface area (Å²) in [6.07, 6.45) is 14.9. The van der Waals surface area contributed by atoms with Crippen LogP contribution in [0.2, 0.25) is 0 Å². The molecule has 0 N–H and O–H groups in total. The molecule has 28 heavy (non-hydrogen) atoms. The van der Waals surface area contributed by atoms with Gasteiger partial charge in [-0.1, -0.05) is 57.4 Å². The summed E-state index contributed by atoms with van der Waals surface area (Å²) >= 11 is 0. The number of allylic oxidation sites excluding steroid dienone is 1. The predicted molar refractivity (Wildman–Crippen MR) is 114 cm³/mol. The smallest absolute Gasteiger partial charge is 0.183 e. The Labute approximate surface area is 171 Å². The molecule has 0 aromatic heterocycles. The van der Waals surface area contributed by atoms with E-state index >= 15 is 0 Å². The highest BCUT2D eigenvalue weighted by Crippen LogP contribution is 2.32. The lowest BCUT2D eigenvalue weighted by atomic mass is 9.80. The first-order chi connectivity index (χ1) is 13.8. The van der Waals surface area contributed by atoms with E-state index < -0.39 is 0 Å². The second-order valence-corrected chi connectivity index (χ2v) is 8.53. The fourth-order valence-corrected chi connectivity index (χ4v) is 4.50. The van der Waals surface area contributed by atoms with Crippen molar-refractivity contribution in [3.63, 3.8) is 0 Å². The Bertz CT molecular complexity index is 564. The molecule has 1 heterocycles. The van der Waals surface area contributed by atoms with Gasteiger partial charge >= 0.3 is 0 Å². The van der Waals surface area contributed by atoms with E-state index in [0.717, 1.165) is 36.4 Å². The van der Waals surface area contributed by atoms with Gasteiger partial charge in [0.05, 0.1) is 13.2 Å². The summed E-state index contributed by atoms with van der Waals surface area (Å²) < 4.78 is 17.6. The van der Waals surface area contributed by atoms with E-state index in [2.05, 4.69) is 38.1 Å². The second kappa shape index (κ2) is 11.6. The quantitative estimate of drug-likeness (QED) is 0.442. The van der Waals surface area contributed by atoms with Crippen LogP contribution in [0.1, 0.15) is 77.1 Å². The van der Waals surface area contributed by atoms with Gasteiger partial charge in [-0.2, -0.15) is 0 Å². The van der Waals surface area contributed by atoms with Gasteiger partial charge in [0.15, 0.2) is 6.29 Å². The summed E-state index contributed by atoms with van der Waals surface area (Å²) in [6, 6.07) is 8.14. The Hall–Kier alpha value is -1.32. The van der Waals surface area contributed by atoms with E-state index in [1.807, 2.05) is 12.1 Å². The Morgan fingerprint density at radius 3 is 2.18 bits per heavy atom. The molecule has 0 radical (unpaired) electrons. The van der Waals surface area contributed by atoms with Crippen LogP contribution < -0.4 is 4.74 Å². The van der Waals surface area contributed by atoms with E-state index in [0.29, 0.717) is 12.5 Å². The SMILES string of the molecule is CCCC1CCC(C=CCOc2ccc(C3OCC(CCC)CO3)cc2)CC1. The summed E-state index contributed by atoms with van der Waals surface area (Å²) in [5, 5.41) is 0. The van der Waals surface area contributed by atoms with E-state index in [-0.39, 0.29) is 6.29 Å². The van der Waals surface area contributed by atoms with Crippen molar-refractivity contribution in [1.82, 2.24) is 0 Å². The predicted octanol–water partition coefficient (Wildman–Crippen LogP) is 6.69. The highest BCUT2D eigenvalue weighted by atomic mass is 16.7. The van der Waals surface area contributed by atoms with Gasteiger partial charge in [-0.15, -0.1) is 0 Å². The van der Waals surface area contributed by atoms with Crippen molar-refractivity contribution in [2.24, 2.45) is 17.8 Å². The van der Waals surface area contributed by atoms with Crippen molar-refractivity contribution in [3.8, 4) is 5.75 Å². The summed E-state index contributed by atoms with van der Waals surface area (Å²) in [5.41, 5.74) is 1.07. The minimum atomic E-state index is -0.232. The van der Waals surface area contributed by atoms with Crippen LogP contribution in [0.5, 0.6) is 5.75 Å². The minimum absolute atomic E-state index is 0.232. The monoisotopic (exact) mass is 386 g/mol. The standard InChI is InChI=1S/C25H38O3/c1-3-6-20-9-11-21(12-10-20)8-5-17-26-24-15-13-23(14-16-24)25-27-18-22(7-4-2)19-28-25/h5,8,13-16,20-22,25H,3-4,6-7,9-12,17-19H2,1-2H3. The van der Waals surface area contributed by atoms with Crippen molar-refractivity contribution in [3.05, 3.63) is 42.0 Å². The maximum Gasteiger partial charge on any atom is 0.183 e. The maximum absolute atomic E-state index is 5.88. The molecule has 1 aromatic rings. The van der Waals surface area contributed by atoms with Gasteiger partial charge in [0.2, 0.25) is 0 Å². The van der Waals surface area contributed by atoms with E-state index in [4.69, 9.17) is 14.2 Å². The van der Waals surface area contributed by atoms with E-state index in [1.165, 1.54) is 51.4 Å². The molecule has 3 heteroatoms. The Balaban J connectivity index is 1.36. The van der Waals surface area contributed by atoms with E-state index in [9.17, 15) is 0 Å². The first-order valence-electron chi connectivity index (χ1n) is 11.4. The van der Waals surface area contributed by atoms with Crippen LogP contribution in [0.25, 0.3) is 0 Å². The molecule has 2 fully saturated rings. The lowest BCUT2D eigenvalue weighted by Crippen LogP contribution is -2.26. The summed E-state index contributed by atoms with van der Waals surface area (Å²) in [7, 11) is 0. The number of hydrogen-bond donors (Lipinski definition) is 0. The van der Waals surface area contributed by atoms with Crippen LogP contribution in [0.3, 0.4) is 0 Å². The average molecular weight is 387 g/mol. The molecule has 1 aromatic carbocycles. The first-order valence-corrected chi connectivity index (χ1v) is 11.4. The van der Waals surface area contributed by atoms with E-state index in [1.54, 1.807) is 0 Å². The number of benzene rings is 1. The van der Waals surface area contributed by atoms with Crippen molar-refractivity contribution in [1.29, 1.82) is 0 Å². The molecule has 0 atom stereocenters. The molecule has 0 unspecified atom stereocenters. The molecule has 3 rings (SSSR count). The van der Waals surface area contributed by atoms with Crippen molar-refractivity contribution in [2.45, 2.75) is 71.5 Å². The normalized spacial score (nSPS) is 28.5. The molecule has 3 nitrogen and oxygen atoms in total. The number of hydrogen-bond acceptors (Lipinski definition) is 3. The summed E-state index contributed by atoms with van der Waals surface area (Å²) in [4.78, 5) is 0. The van der Waals surface area contributed by atoms with Crippen LogP contribution in [0.15, 0.2) is 36.4 Å². The molecular weight excluding hydrogens is 348 g/mol. The third-order valence-corrected chi connectivity index (χ3v) is 6.16. The average Bonchev–Trinajstić information content (AvgIpc) is 2.74. The third-order valence-electron chi connectivity index (χ3n) is 6.16. The third kappa shape index (κ3) is 6.63. The largest absolute Gasteiger partial charge is 0.490 e. The van der Waals surface area contributed by atoms with Gasteiger partial charge in [0.1, 0.15) is 12.4 Å². The van der Waals surface area contributed by atoms with Crippen molar-refractivity contribution < 1.29 is 14.2 Å². The van der Waals surface area contributed by atoms with Crippen LogP contribution >= 0.6 is 0 Å². The number of ether oxygens (including phenoxy) is 3. The lowest BCUT2D eigenvalue weighted by Gasteiger charge is -2.29. The molecule has 0 amide bonds. The molecule has 1 saturated carbocycles. The summed E-state index contributed by atoms with van der Waals surface area (Å²) in [6.45, 7) is 6.74. The topological polar surface area (TPSA) is 27.7 Å². The van der Waals surface area contributed by atoms with Crippen LogP contribution in [-0.4, -0.2) is 19.8 Å². The molecule has 1 aliphatic heterocycles. The molecule has 156 valence electrons. The first kappa shape index (κ1) is 21.4. The molecule has 2 aliphatic rings. The maximum atomic E-state index is 5.88. The fraction of sp³-hybridized carbons (Fsp3) is 0.680. The fourth-order valence-electron chi connectivity index (χ4n) is 4.50. The van der Waals surface area contributed by atoms with Gasteiger partial charge in [0.25, 0.3) is 0 Å². The highest BCUT2D eigenvalue weighted by Gasteiger charge is 2.23. The van der Waals surface area contributed by atoms with Crippen molar-refractivity contribution >= 4 is 0 Å². The number of rotatable bonds is 9. The zero-order valence-electron chi connectivity index (χ0n) is 17.8. The Morgan fingerprint density at radius 2 is 1.54 bits per heavy atom. The zero-order valence-corrected chi connectivity index (χ0v) is 17.8. The van der Waals surface area contributed by atoms with Crippen LogP contribution in [-0.2, 0) is 9.47 Å². The zero-order chi connectivity index (χ0) is 19.6.